The van der Waals surface area contributed by atoms with Crippen molar-refractivity contribution in [2.24, 2.45) is 0 Å². The van der Waals surface area contributed by atoms with Crippen LogP contribution in [0.15, 0.2) is 30.9 Å². The molecule has 0 fully saturated rings. The van der Waals surface area contributed by atoms with Crippen molar-refractivity contribution in [1.82, 2.24) is 19.9 Å². The van der Waals surface area contributed by atoms with E-state index >= 15 is 0 Å². The van der Waals surface area contributed by atoms with Crippen LogP contribution in [0.3, 0.4) is 0 Å². The molecule has 2 rings (SSSR count). The molecule has 0 bridgehead atoms. The molecule has 80 valence electrons. The quantitative estimate of drug-likeness (QED) is 0.737. The maximum atomic E-state index is 11.6. The van der Waals surface area contributed by atoms with Gasteiger partial charge in [0.15, 0.2) is 0 Å². The summed E-state index contributed by atoms with van der Waals surface area (Å²) in [5.74, 6) is -0.0654. The molecule has 2 aromatic rings. The lowest BCUT2D eigenvalue weighted by Gasteiger charge is -2.01. The van der Waals surface area contributed by atoms with E-state index in [4.69, 9.17) is 5.73 Å². The molecule has 0 radical (unpaired) electrons. The zero-order valence-corrected chi connectivity index (χ0v) is 8.16. The van der Waals surface area contributed by atoms with Crippen molar-refractivity contribution < 1.29 is 4.79 Å². The van der Waals surface area contributed by atoms with E-state index in [9.17, 15) is 4.79 Å². The van der Waals surface area contributed by atoms with Crippen molar-refractivity contribution in [2.45, 2.75) is 0 Å². The van der Waals surface area contributed by atoms with Gasteiger partial charge in [-0.05, 0) is 6.07 Å². The smallest absolute Gasteiger partial charge is 0.278 e. The second-order valence-corrected chi connectivity index (χ2v) is 2.86. The molecule has 0 aliphatic rings. The third-order valence-corrected chi connectivity index (χ3v) is 1.68. The first-order valence-corrected chi connectivity index (χ1v) is 4.41. The van der Waals surface area contributed by atoms with Gasteiger partial charge in [0.05, 0.1) is 12.4 Å². The molecule has 3 N–H and O–H groups in total. The van der Waals surface area contributed by atoms with Crippen molar-refractivity contribution in [3.63, 3.8) is 0 Å². The third kappa shape index (κ3) is 2.27. The molecule has 1 amide bonds. The van der Waals surface area contributed by atoms with Crippen LogP contribution in [0.4, 0.5) is 11.8 Å². The van der Waals surface area contributed by atoms with Crippen LogP contribution < -0.4 is 11.1 Å². The predicted octanol–water partition coefficient (Wildman–Crippen LogP) is 0.101. The molecule has 7 heteroatoms. The Morgan fingerprint density at radius 3 is 2.69 bits per heavy atom. The van der Waals surface area contributed by atoms with Gasteiger partial charge in [0, 0.05) is 12.4 Å². The first kappa shape index (κ1) is 9.97. The number of amides is 1. The number of carbonyl (C=O) groups excluding carboxylic acids is 1. The van der Waals surface area contributed by atoms with E-state index in [0.717, 1.165) is 0 Å². The molecule has 0 aliphatic heterocycles. The first-order valence-electron chi connectivity index (χ1n) is 4.41. The minimum absolute atomic E-state index is 0.118. The normalized spacial score (nSPS) is 9.75. The molecule has 0 saturated heterocycles. The van der Waals surface area contributed by atoms with Crippen molar-refractivity contribution in [3.8, 4) is 0 Å². The summed E-state index contributed by atoms with van der Waals surface area (Å²) in [5, 5.41) is 2.47. The average molecular weight is 216 g/mol. The third-order valence-electron chi connectivity index (χ3n) is 1.68. The second kappa shape index (κ2) is 4.30. The lowest BCUT2D eigenvalue weighted by atomic mass is 10.4. The molecule has 0 saturated carbocycles. The highest BCUT2D eigenvalue weighted by atomic mass is 16.2. The number of nitrogen functional groups attached to an aromatic ring is 1. The predicted molar refractivity (Wildman–Crippen MR) is 56.4 cm³/mol. The largest absolute Gasteiger partial charge is 0.382 e. The number of rotatable bonds is 2. The number of hydrogen-bond donors (Lipinski definition) is 2. The molecule has 2 aromatic heterocycles. The summed E-state index contributed by atoms with van der Waals surface area (Å²) in [6, 6.07) is 1.65. The lowest BCUT2D eigenvalue weighted by Crippen LogP contribution is -2.16. The Bertz CT molecular complexity index is 500. The van der Waals surface area contributed by atoms with Gasteiger partial charge in [0.2, 0.25) is 5.95 Å². The van der Waals surface area contributed by atoms with Gasteiger partial charge in [-0.2, -0.15) is 0 Å². The molecule has 0 aliphatic carbocycles. The molecule has 16 heavy (non-hydrogen) atoms. The Morgan fingerprint density at radius 1 is 1.25 bits per heavy atom. The molecular formula is C9H8N6O. The fraction of sp³-hybridized carbons (Fsp3) is 0. The molecule has 0 atom stereocenters. The highest BCUT2D eigenvalue weighted by Gasteiger charge is 2.09. The Kier molecular flexibility index (Phi) is 2.68. The van der Waals surface area contributed by atoms with Gasteiger partial charge < -0.3 is 5.73 Å². The Balaban J connectivity index is 2.15. The maximum Gasteiger partial charge on any atom is 0.278 e. The topological polar surface area (TPSA) is 107 Å². The fourth-order valence-corrected chi connectivity index (χ4v) is 1.02. The van der Waals surface area contributed by atoms with Crippen LogP contribution in [-0.4, -0.2) is 25.8 Å². The van der Waals surface area contributed by atoms with E-state index < -0.39 is 5.91 Å². The number of hydrogen-bond acceptors (Lipinski definition) is 6. The van der Waals surface area contributed by atoms with Gasteiger partial charge in [-0.15, -0.1) is 0 Å². The summed E-state index contributed by atoms with van der Waals surface area (Å²) >= 11 is 0. The second-order valence-electron chi connectivity index (χ2n) is 2.86. The molecule has 0 spiro atoms. The summed E-state index contributed by atoms with van der Waals surface area (Å²) in [5.41, 5.74) is 5.52. The highest BCUT2D eigenvalue weighted by Crippen LogP contribution is 2.01. The highest BCUT2D eigenvalue weighted by molar-refractivity contribution is 6.01. The summed E-state index contributed by atoms with van der Waals surface area (Å²) in [4.78, 5) is 26.9. The first-order chi connectivity index (χ1) is 7.75. The number of nitrogens with two attached hydrogens (primary N) is 1. The van der Waals surface area contributed by atoms with Crippen LogP contribution in [0.1, 0.15) is 10.5 Å². The summed E-state index contributed by atoms with van der Waals surface area (Å²) in [6.07, 6.45) is 5.71. The van der Waals surface area contributed by atoms with Crippen LogP contribution in [0.25, 0.3) is 0 Å². The van der Waals surface area contributed by atoms with Gasteiger partial charge in [-0.3, -0.25) is 15.1 Å². The number of nitrogens with one attached hydrogen (secondary N) is 1. The van der Waals surface area contributed by atoms with Gasteiger partial charge in [-0.1, -0.05) is 0 Å². The Morgan fingerprint density at radius 2 is 2.00 bits per heavy atom. The van der Waals surface area contributed by atoms with Crippen LogP contribution in [-0.2, 0) is 0 Å². The van der Waals surface area contributed by atoms with E-state index in [1.165, 1.54) is 24.8 Å². The van der Waals surface area contributed by atoms with Crippen molar-refractivity contribution in [2.75, 3.05) is 11.1 Å². The number of anilines is 2. The van der Waals surface area contributed by atoms with Gasteiger partial charge >= 0.3 is 0 Å². The standard InChI is InChI=1S/C9H8N6O/c10-7-5-11-4-6(14-7)8(16)15-9-12-2-1-3-13-9/h1-5H,(H2,10,14)(H,12,13,15,16). The molecule has 0 unspecified atom stereocenters. The maximum absolute atomic E-state index is 11.6. The summed E-state index contributed by atoms with van der Waals surface area (Å²) in [6.45, 7) is 0. The zero-order chi connectivity index (χ0) is 11.4. The van der Waals surface area contributed by atoms with E-state index in [2.05, 4.69) is 25.3 Å². The summed E-state index contributed by atoms with van der Waals surface area (Å²) in [7, 11) is 0. The SMILES string of the molecule is Nc1cncc(C(=O)Nc2ncccn2)n1. The molecular weight excluding hydrogens is 208 g/mol. The number of carbonyl (C=O) groups is 1. The van der Waals surface area contributed by atoms with E-state index in [1.54, 1.807) is 6.07 Å². The minimum atomic E-state index is -0.453. The van der Waals surface area contributed by atoms with E-state index in [-0.39, 0.29) is 17.5 Å². The lowest BCUT2D eigenvalue weighted by molar-refractivity contribution is 0.102. The van der Waals surface area contributed by atoms with Crippen molar-refractivity contribution in [1.29, 1.82) is 0 Å². The van der Waals surface area contributed by atoms with E-state index in [0.29, 0.717) is 0 Å². The van der Waals surface area contributed by atoms with Crippen LogP contribution in [0.5, 0.6) is 0 Å². The Labute approximate surface area is 90.8 Å². The van der Waals surface area contributed by atoms with Crippen molar-refractivity contribution in [3.05, 3.63) is 36.5 Å². The Hall–Kier alpha value is -2.57. The van der Waals surface area contributed by atoms with Gasteiger partial charge in [-0.25, -0.2) is 15.0 Å². The van der Waals surface area contributed by atoms with Gasteiger partial charge in [0.1, 0.15) is 11.5 Å². The molecule has 7 nitrogen and oxygen atoms in total. The van der Waals surface area contributed by atoms with Crippen LogP contribution in [0, 0.1) is 0 Å². The minimum Gasteiger partial charge on any atom is -0.382 e. The van der Waals surface area contributed by atoms with E-state index in [1.807, 2.05) is 0 Å². The molecule has 0 aromatic carbocycles. The fourth-order valence-electron chi connectivity index (χ4n) is 1.02. The number of aromatic nitrogens is 4. The van der Waals surface area contributed by atoms with Crippen LogP contribution >= 0.6 is 0 Å². The van der Waals surface area contributed by atoms with Gasteiger partial charge in [0.25, 0.3) is 5.91 Å². The van der Waals surface area contributed by atoms with Crippen molar-refractivity contribution >= 4 is 17.7 Å². The summed E-state index contributed by atoms with van der Waals surface area (Å²) < 4.78 is 0. The monoisotopic (exact) mass is 216 g/mol. The number of nitrogens with zero attached hydrogens (tertiary/aromatic N) is 4. The molecule has 2 heterocycles. The average Bonchev–Trinajstić information content (AvgIpc) is 2.30. The zero-order valence-electron chi connectivity index (χ0n) is 8.16. The van der Waals surface area contributed by atoms with Crippen LogP contribution in [0.2, 0.25) is 0 Å².